The smallest absolute Gasteiger partial charge is 0.406 e. The third-order valence-corrected chi connectivity index (χ3v) is 5.88. The van der Waals surface area contributed by atoms with Crippen molar-refractivity contribution in [1.29, 1.82) is 0 Å². The Morgan fingerprint density at radius 2 is 1.77 bits per heavy atom. The molecule has 0 spiro atoms. The van der Waals surface area contributed by atoms with Crippen LogP contribution >= 0.6 is 0 Å². The van der Waals surface area contributed by atoms with Crippen LogP contribution in [0.2, 0.25) is 0 Å². The second-order valence-corrected chi connectivity index (χ2v) is 7.80. The number of rotatable bonds is 2. The van der Waals surface area contributed by atoms with Crippen LogP contribution < -0.4 is 4.74 Å². The predicted octanol–water partition coefficient (Wildman–Crippen LogP) is 3.38. The van der Waals surface area contributed by atoms with Crippen molar-refractivity contribution in [2.24, 2.45) is 0 Å². The highest BCUT2D eigenvalue weighted by molar-refractivity contribution is 5.97. The molecule has 160 valence electrons. The van der Waals surface area contributed by atoms with Crippen LogP contribution in [0.4, 0.5) is 13.2 Å². The van der Waals surface area contributed by atoms with E-state index in [-0.39, 0.29) is 24.1 Å². The minimum Gasteiger partial charge on any atom is -0.406 e. The maximum Gasteiger partial charge on any atom is 0.573 e. The van der Waals surface area contributed by atoms with Crippen LogP contribution in [0.3, 0.4) is 0 Å². The van der Waals surface area contributed by atoms with Gasteiger partial charge in [0.25, 0.3) is 0 Å². The van der Waals surface area contributed by atoms with Crippen molar-refractivity contribution in [3.05, 3.63) is 65.4 Å². The van der Waals surface area contributed by atoms with Crippen molar-refractivity contribution in [3.63, 3.8) is 0 Å². The Hall–Kier alpha value is -3.49. The molecule has 0 unspecified atom stereocenters. The summed E-state index contributed by atoms with van der Waals surface area (Å²) in [6.45, 7) is -0.0450. The number of aromatic amines is 1. The van der Waals surface area contributed by atoms with E-state index in [0.717, 1.165) is 22.2 Å². The predicted molar refractivity (Wildman–Crippen MR) is 105 cm³/mol. The first kappa shape index (κ1) is 19.5. The van der Waals surface area contributed by atoms with E-state index >= 15 is 0 Å². The minimum absolute atomic E-state index is 0.0450. The molecule has 0 radical (unpaired) electrons. The zero-order valence-corrected chi connectivity index (χ0v) is 16.4. The molecule has 0 aliphatic carbocycles. The number of ether oxygens (including phenoxy) is 1. The van der Waals surface area contributed by atoms with Crippen LogP contribution in [0.1, 0.15) is 22.9 Å². The summed E-state index contributed by atoms with van der Waals surface area (Å²) < 4.78 is 41.6. The van der Waals surface area contributed by atoms with Crippen molar-refractivity contribution >= 4 is 22.7 Å². The number of hydrogen-bond acceptors (Lipinski definition) is 3. The Morgan fingerprint density at radius 1 is 1.06 bits per heavy atom. The molecule has 6 nitrogen and oxygen atoms in total. The quantitative estimate of drug-likeness (QED) is 0.679. The van der Waals surface area contributed by atoms with E-state index in [1.54, 1.807) is 11.9 Å². The van der Waals surface area contributed by atoms with Gasteiger partial charge in [-0.2, -0.15) is 0 Å². The van der Waals surface area contributed by atoms with Crippen LogP contribution in [0.15, 0.2) is 48.5 Å². The van der Waals surface area contributed by atoms with Crippen molar-refractivity contribution in [2.75, 3.05) is 13.6 Å². The average Bonchev–Trinajstić information content (AvgIpc) is 3.08. The van der Waals surface area contributed by atoms with Crippen LogP contribution in [0.25, 0.3) is 10.9 Å². The van der Waals surface area contributed by atoms with Crippen molar-refractivity contribution in [1.82, 2.24) is 14.8 Å². The highest BCUT2D eigenvalue weighted by atomic mass is 19.4. The molecule has 1 N–H and O–H groups in total. The molecule has 2 aliphatic heterocycles. The normalized spacial score (nSPS) is 21.3. The molecule has 1 fully saturated rings. The maximum atomic E-state index is 13.0. The van der Waals surface area contributed by atoms with E-state index in [2.05, 4.69) is 9.72 Å². The molecule has 2 aliphatic rings. The van der Waals surface area contributed by atoms with E-state index in [1.807, 2.05) is 24.3 Å². The Bertz CT molecular complexity index is 1190. The monoisotopic (exact) mass is 429 g/mol. The molecule has 3 heterocycles. The minimum atomic E-state index is -4.79. The summed E-state index contributed by atoms with van der Waals surface area (Å²) in [5.74, 6) is -0.712. The number of aromatic nitrogens is 1. The Kier molecular flexibility index (Phi) is 4.25. The first-order chi connectivity index (χ1) is 14.7. The molecule has 1 saturated heterocycles. The number of benzene rings is 2. The fraction of sp³-hybridized carbons (Fsp3) is 0.273. The van der Waals surface area contributed by atoms with E-state index < -0.39 is 18.4 Å². The summed E-state index contributed by atoms with van der Waals surface area (Å²) in [5, 5.41) is 0.965. The van der Waals surface area contributed by atoms with Gasteiger partial charge in [-0.3, -0.25) is 9.59 Å². The lowest BCUT2D eigenvalue weighted by Gasteiger charge is -2.46. The average molecular weight is 429 g/mol. The number of alkyl halides is 3. The van der Waals surface area contributed by atoms with Crippen molar-refractivity contribution in [2.45, 2.75) is 24.9 Å². The lowest BCUT2D eigenvalue weighted by molar-refractivity contribution is -0.274. The second kappa shape index (κ2) is 6.76. The zero-order chi connectivity index (χ0) is 21.9. The number of fused-ring (bicyclic) bond motifs is 4. The number of nitrogens with one attached hydrogen (secondary N) is 1. The van der Waals surface area contributed by atoms with E-state index in [1.165, 1.54) is 29.2 Å². The van der Waals surface area contributed by atoms with Crippen LogP contribution in [-0.4, -0.2) is 52.6 Å². The molecule has 2 atom stereocenters. The number of amides is 2. The SMILES string of the molecule is CN1CC(=O)N2[C@@H](c3ccc(OC(F)(F)F)cc3)c3[nH]c4ccccc4c3C[C@@H]2C1=O. The number of H-pyrrole nitrogens is 1. The Morgan fingerprint density at radius 3 is 2.48 bits per heavy atom. The van der Waals surface area contributed by atoms with Crippen molar-refractivity contribution < 1.29 is 27.5 Å². The molecule has 2 amide bonds. The van der Waals surface area contributed by atoms with Gasteiger partial charge in [0.15, 0.2) is 0 Å². The summed E-state index contributed by atoms with van der Waals surface area (Å²) >= 11 is 0. The lowest BCUT2D eigenvalue weighted by atomic mass is 9.86. The summed E-state index contributed by atoms with van der Waals surface area (Å²) in [6.07, 6.45) is -4.42. The fourth-order valence-corrected chi connectivity index (χ4v) is 4.60. The van der Waals surface area contributed by atoms with E-state index in [0.29, 0.717) is 12.0 Å². The molecule has 1 aromatic heterocycles. The van der Waals surface area contributed by atoms with Gasteiger partial charge in [-0.05, 0) is 29.3 Å². The van der Waals surface area contributed by atoms with Crippen molar-refractivity contribution in [3.8, 4) is 5.75 Å². The molecular formula is C22H18F3N3O3. The number of carbonyl (C=O) groups excluding carboxylic acids is 2. The summed E-state index contributed by atoms with van der Waals surface area (Å²) in [5.41, 5.74) is 3.18. The molecule has 9 heteroatoms. The van der Waals surface area contributed by atoms with Gasteiger partial charge in [-0.15, -0.1) is 13.2 Å². The van der Waals surface area contributed by atoms with Gasteiger partial charge in [0.2, 0.25) is 11.8 Å². The largest absolute Gasteiger partial charge is 0.573 e. The highest BCUT2D eigenvalue weighted by Gasteiger charge is 2.47. The number of carbonyl (C=O) groups is 2. The third-order valence-electron chi connectivity index (χ3n) is 5.88. The molecule has 2 aromatic carbocycles. The van der Waals surface area contributed by atoms with E-state index in [9.17, 15) is 22.8 Å². The standard InChI is InChI=1S/C22H18F3N3O3/c1-27-11-18(29)28-17(21(27)30)10-15-14-4-2-3-5-16(14)26-19(15)20(28)12-6-8-13(9-7-12)31-22(23,24)25/h2-9,17,20,26H,10-11H2,1H3/t17-,20+/m1/s1. The molecule has 31 heavy (non-hydrogen) atoms. The Labute approximate surface area is 175 Å². The topological polar surface area (TPSA) is 65.6 Å². The molecule has 5 rings (SSSR count). The van der Waals surface area contributed by atoms with E-state index in [4.69, 9.17) is 0 Å². The summed E-state index contributed by atoms with van der Waals surface area (Å²) in [4.78, 5) is 32.3. The molecular weight excluding hydrogens is 411 g/mol. The highest BCUT2D eigenvalue weighted by Crippen LogP contribution is 2.42. The molecule has 3 aromatic rings. The van der Waals surface area contributed by atoms with Gasteiger partial charge in [-0.1, -0.05) is 30.3 Å². The number of hydrogen-bond donors (Lipinski definition) is 1. The maximum absolute atomic E-state index is 13.0. The van der Waals surface area contributed by atoms with Gasteiger partial charge in [0.1, 0.15) is 11.8 Å². The fourth-order valence-electron chi connectivity index (χ4n) is 4.60. The lowest BCUT2D eigenvalue weighted by Crippen LogP contribution is -2.62. The Balaban J connectivity index is 1.65. The first-order valence-corrected chi connectivity index (χ1v) is 9.74. The summed E-state index contributed by atoms with van der Waals surface area (Å²) in [6, 6.07) is 11.8. The van der Waals surface area contributed by atoms with Crippen LogP contribution in [0, 0.1) is 0 Å². The molecule has 0 bridgehead atoms. The number of para-hydroxylation sites is 1. The van der Waals surface area contributed by atoms with Gasteiger partial charge in [-0.25, -0.2) is 0 Å². The second-order valence-electron chi connectivity index (χ2n) is 7.80. The summed E-state index contributed by atoms with van der Waals surface area (Å²) in [7, 11) is 1.60. The van der Waals surface area contributed by atoms with Gasteiger partial charge >= 0.3 is 6.36 Å². The number of likely N-dealkylation sites (N-methyl/N-ethyl adjacent to an activating group) is 1. The van der Waals surface area contributed by atoms with Gasteiger partial charge in [0, 0.05) is 30.1 Å². The zero-order valence-electron chi connectivity index (χ0n) is 16.4. The number of halogens is 3. The number of piperazine rings is 1. The van der Waals surface area contributed by atoms with Crippen LogP contribution in [0.5, 0.6) is 5.75 Å². The number of nitrogens with zero attached hydrogens (tertiary/aromatic N) is 2. The first-order valence-electron chi connectivity index (χ1n) is 9.74. The molecule has 0 saturated carbocycles. The third kappa shape index (κ3) is 3.20. The van der Waals surface area contributed by atoms with Gasteiger partial charge in [0.05, 0.1) is 12.6 Å². The van der Waals surface area contributed by atoms with Gasteiger partial charge < -0.3 is 19.5 Å². The van der Waals surface area contributed by atoms with Crippen LogP contribution in [-0.2, 0) is 16.0 Å².